The lowest BCUT2D eigenvalue weighted by atomic mass is 10.1. The molecule has 0 unspecified atom stereocenters. The number of anilines is 2. The molecule has 0 saturated carbocycles. The third-order valence-corrected chi connectivity index (χ3v) is 3.71. The van der Waals surface area contributed by atoms with Crippen LogP contribution in [0.25, 0.3) is 10.9 Å². The van der Waals surface area contributed by atoms with E-state index < -0.39 is 0 Å². The highest BCUT2D eigenvalue weighted by molar-refractivity contribution is 7.09. The van der Waals surface area contributed by atoms with E-state index in [2.05, 4.69) is 27.8 Å². The van der Waals surface area contributed by atoms with Crippen molar-refractivity contribution in [2.24, 2.45) is 0 Å². The van der Waals surface area contributed by atoms with E-state index in [1.807, 2.05) is 24.3 Å². The van der Waals surface area contributed by atoms with Crippen LogP contribution in [0.1, 0.15) is 4.88 Å². The number of fused-ring (bicyclic) bond motifs is 1. The number of benzene rings is 1. The molecular weight excluding hydrogens is 242 g/mol. The van der Waals surface area contributed by atoms with Crippen LogP contribution >= 0.6 is 11.3 Å². The van der Waals surface area contributed by atoms with Crippen molar-refractivity contribution in [1.82, 2.24) is 4.98 Å². The average Bonchev–Trinajstić information content (AvgIpc) is 2.92. The summed E-state index contributed by atoms with van der Waals surface area (Å²) in [5, 5.41) is 6.48. The van der Waals surface area contributed by atoms with Crippen LogP contribution in [-0.2, 0) is 6.54 Å². The Balaban J connectivity index is 1.94. The zero-order chi connectivity index (χ0) is 12.4. The molecule has 0 saturated heterocycles. The summed E-state index contributed by atoms with van der Waals surface area (Å²) >= 11 is 1.74. The van der Waals surface area contributed by atoms with Crippen molar-refractivity contribution in [2.45, 2.75) is 6.54 Å². The number of hydrogen-bond acceptors (Lipinski definition) is 4. The Morgan fingerprint density at radius 2 is 2.11 bits per heavy atom. The molecule has 1 aromatic carbocycles. The lowest BCUT2D eigenvalue weighted by molar-refractivity contribution is 1.19. The lowest BCUT2D eigenvalue weighted by Gasteiger charge is -2.09. The maximum Gasteiger partial charge on any atom is 0.0953 e. The molecule has 0 bridgehead atoms. The van der Waals surface area contributed by atoms with E-state index in [-0.39, 0.29) is 0 Å². The number of nitrogen functional groups attached to an aromatic ring is 1. The molecule has 3 aromatic rings. The van der Waals surface area contributed by atoms with Gasteiger partial charge in [0.2, 0.25) is 0 Å². The predicted molar refractivity (Wildman–Crippen MR) is 77.8 cm³/mol. The molecule has 3 N–H and O–H groups in total. The summed E-state index contributed by atoms with van der Waals surface area (Å²) in [6.45, 7) is 0.813. The first kappa shape index (κ1) is 11.0. The highest BCUT2D eigenvalue weighted by atomic mass is 32.1. The van der Waals surface area contributed by atoms with Gasteiger partial charge in [0.15, 0.2) is 0 Å². The van der Waals surface area contributed by atoms with Crippen molar-refractivity contribution in [2.75, 3.05) is 11.1 Å². The predicted octanol–water partition coefficient (Wildman–Crippen LogP) is 3.49. The Kier molecular flexibility index (Phi) is 2.86. The minimum Gasteiger partial charge on any atom is -0.398 e. The summed E-state index contributed by atoms with van der Waals surface area (Å²) in [4.78, 5) is 5.70. The van der Waals surface area contributed by atoms with Gasteiger partial charge in [0.05, 0.1) is 11.2 Å². The molecule has 2 heterocycles. The molecule has 0 atom stereocenters. The molecule has 4 heteroatoms. The van der Waals surface area contributed by atoms with Crippen LogP contribution < -0.4 is 11.1 Å². The van der Waals surface area contributed by atoms with E-state index in [9.17, 15) is 0 Å². The van der Waals surface area contributed by atoms with Crippen LogP contribution in [0.15, 0.2) is 48.0 Å². The maximum absolute atomic E-state index is 5.95. The normalized spacial score (nSPS) is 10.7. The number of nitrogens with two attached hydrogens (primary N) is 1. The molecule has 0 aliphatic heterocycles. The van der Waals surface area contributed by atoms with Crippen molar-refractivity contribution < 1.29 is 0 Å². The van der Waals surface area contributed by atoms with Gasteiger partial charge in [-0.05, 0) is 35.7 Å². The topological polar surface area (TPSA) is 50.9 Å². The molecule has 0 spiro atoms. The number of nitrogens with zero attached hydrogens (tertiary/aromatic N) is 1. The van der Waals surface area contributed by atoms with Crippen LogP contribution in [0.4, 0.5) is 11.4 Å². The van der Waals surface area contributed by atoms with E-state index >= 15 is 0 Å². The fourth-order valence-corrected chi connectivity index (χ4v) is 2.58. The molecular formula is C14H13N3S. The molecule has 0 fully saturated rings. The minimum absolute atomic E-state index is 0.764. The summed E-state index contributed by atoms with van der Waals surface area (Å²) in [6.07, 6.45) is 1.79. The highest BCUT2D eigenvalue weighted by Crippen LogP contribution is 2.26. The largest absolute Gasteiger partial charge is 0.398 e. The number of aromatic nitrogens is 1. The van der Waals surface area contributed by atoms with E-state index in [1.54, 1.807) is 17.5 Å². The lowest BCUT2D eigenvalue weighted by Crippen LogP contribution is -2.00. The quantitative estimate of drug-likeness (QED) is 0.704. The Labute approximate surface area is 109 Å². The smallest absolute Gasteiger partial charge is 0.0953 e. The number of rotatable bonds is 3. The van der Waals surface area contributed by atoms with Crippen LogP contribution in [0.3, 0.4) is 0 Å². The first-order valence-corrected chi connectivity index (χ1v) is 6.62. The fourth-order valence-electron chi connectivity index (χ4n) is 1.93. The van der Waals surface area contributed by atoms with E-state index in [4.69, 9.17) is 5.73 Å². The second kappa shape index (κ2) is 4.66. The molecule has 3 rings (SSSR count). The maximum atomic E-state index is 5.95. The second-order valence-electron chi connectivity index (χ2n) is 4.03. The molecule has 18 heavy (non-hydrogen) atoms. The average molecular weight is 255 g/mol. The summed E-state index contributed by atoms with van der Waals surface area (Å²) in [5.41, 5.74) is 8.66. The van der Waals surface area contributed by atoms with E-state index in [0.29, 0.717) is 0 Å². The van der Waals surface area contributed by atoms with Crippen molar-refractivity contribution >= 4 is 33.6 Å². The van der Waals surface area contributed by atoms with Gasteiger partial charge in [-0.2, -0.15) is 0 Å². The third kappa shape index (κ3) is 2.02. The number of pyridine rings is 1. The van der Waals surface area contributed by atoms with Gasteiger partial charge in [-0.15, -0.1) is 11.3 Å². The van der Waals surface area contributed by atoms with Gasteiger partial charge in [-0.3, -0.25) is 4.98 Å². The Hall–Kier alpha value is -2.07. The van der Waals surface area contributed by atoms with Crippen molar-refractivity contribution in [3.05, 3.63) is 52.9 Å². The number of thiophene rings is 1. The number of nitrogens with one attached hydrogen (secondary N) is 1. The molecule has 3 nitrogen and oxygen atoms in total. The van der Waals surface area contributed by atoms with Crippen LogP contribution in [0, 0.1) is 0 Å². The van der Waals surface area contributed by atoms with E-state index in [0.717, 1.165) is 28.8 Å². The molecule has 0 radical (unpaired) electrons. The summed E-state index contributed by atoms with van der Waals surface area (Å²) < 4.78 is 0. The van der Waals surface area contributed by atoms with Gasteiger partial charge < -0.3 is 11.1 Å². The first-order valence-electron chi connectivity index (χ1n) is 5.74. The van der Waals surface area contributed by atoms with Gasteiger partial charge in [-0.1, -0.05) is 6.07 Å². The number of hydrogen-bond donors (Lipinski definition) is 2. The molecule has 0 aliphatic rings. The molecule has 2 aromatic heterocycles. The fraction of sp³-hybridized carbons (Fsp3) is 0.0714. The zero-order valence-electron chi connectivity index (χ0n) is 9.76. The summed E-state index contributed by atoms with van der Waals surface area (Å²) in [7, 11) is 0. The SMILES string of the molecule is Nc1ccc(NCc2cccs2)c2ncccc12. The zero-order valence-corrected chi connectivity index (χ0v) is 10.6. The summed E-state index contributed by atoms with van der Waals surface area (Å²) in [6, 6.07) is 12.0. The monoisotopic (exact) mass is 255 g/mol. The molecule has 0 amide bonds. The highest BCUT2D eigenvalue weighted by Gasteiger charge is 2.04. The van der Waals surface area contributed by atoms with Gasteiger partial charge in [0.25, 0.3) is 0 Å². The van der Waals surface area contributed by atoms with E-state index in [1.165, 1.54) is 4.88 Å². The second-order valence-corrected chi connectivity index (χ2v) is 5.07. The molecule has 0 aliphatic carbocycles. The van der Waals surface area contributed by atoms with Gasteiger partial charge in [0.1, 0.15) is 0 Å². The third-order valence-electron chi connectivity index (χ3n) is 2.84. The Bertz CT molecular complexity index is 662. The Morgan fingerprint density at radius 3 is 2.94 bits per heavy atom. The van der Waals surface area contributed by atoms with Gasteiger partial charge in [-0.25, -0.2) is 0 Å². The van der Waals surface area contributed by atoms with Crippen LogP contribution in [0.2, 0.25) is 0 Å². The first-order chi connectivity index (χ1) is 8.84. The van der Waals surface area contributed by atoms with Crippen molar-refractivity contribution in [3.63, 3.8) is 0 Å². The summed E-state index contributed by atoms with van der Waals surface area (Å²) in [5.74, 6) is 0. The standard InChI is InChI=1S/C14H13N3S/c15-12-5-6-13(14-11(12)4-1-7-16-14)17-9-10-3-2-8-18-10/h1-8,17H,9,15H2. The van der Waals surface area contributed by atoms with Gasteiger partial charge in [0, 0.05) is 28.7 Å². The minimum atomic E-state index is 0.764. The van der Waals surface area contributed by atoms with Crippen molar-refractivity contribution in [1.29, 1.82) is 0 Å². The van der Waals surface area contributed by atoms with Gasteiger partial charge >= 0.3 is 0 Å². The van der Waals surface area contributed by atoms with Crippen LogP contribution in [-0.4, -0.2) is 4.98 Å². The van der Waals surface area contributed by atoms with Crippen molar-refractivity contribution in [3.8, 4) is 0 Å². The Morgan fingerprint density at radius 1 is 1.17 bits per heavy atom. The van der Waals surface area contributed by atoms with Crippen LogP contribution in [0.5, 0.6) is 0 Å². The molecule has 90 valence electrons.